The maximum absolute atomic E-state index is 10.5. The molecule has 1 heterocycles. The van der Waals surface area contributed by atoms with Crippen LogP contribution in [0.15, 0.2) is 18.2 Å². The highest BCUT2D eigenvalue weighted by atomic mass is 32.1. The van der Waals surface area contributed by atoms with E-state index in [0.29, 0.717) is 5.52 Å². The molecule has 66 valence electrons. The van der Waals surface area contributed by atoms with Crippen LogP contribution < -0.4 is 0 Å². The number of hydrogen-bond acceptors (Lipinski definition) is 4. The number of aliphatic carboxylic acids is 1. The average Bonchev–Trinajstić information content (AvgIpc) is 2.51. The molecule has 0 aliphatic heterocycles. The van der Waals surface area contributed by atoms with Crippen LogP contribution in [0.3, 0.4) is 0 Å². The summed E-state index contributed by atoms with van der Waals surface area (Å²) in [4.78, 5) is 10.5. The van der Waals surface area contributed by atoms with Crippen LogP contribution in [-0.4, -0.2) is 19.8 Å². The van der Waals surface area contributed by atoms with Gasteiger partial charge in [0.25, 0.3) is 0 Å². The fourth-order valence-electron chi connectivity index (χ4n) is 1.17. The topological polar surface area (TPSA) is 63.1 Å². The van der Waals surface area contributed by atoms with Gasteiger partial charge in [-0.05, 0) is 11.6 Å². The second-order valence-electron chi connectivity index (χ2n) is 2.62. The van der Waals surface area contributed by atoms with Crippen molar-refractivity contribution in [3.8, 4) is 0 Å². The molecule has 0 unspecified atom stereocenters. The predicted molar refractivity (Wildman–Crippen MR) is 48.8 cm³/mol. The van der Waals surface area contributed by atoms with Gasteiger partial charge in [-0.15, -0.1) is 0 Å². The molecule has 0 aliphatic carbocycles. The summed E-state index contributed by atoms with van der Waals surface area (Å²) in [6.45, 7) is 0. The third-order valence-electron chi connectivity index (χ3n) is 1.71. The Morgan fingerprint density at radius 3 is 3.08 bits per heavy atom. The number of benzene rings is 1. The lowest BCUT2D eigenvalue weighted by Crippen LogP contribution is -2.00. The first kappa shape index (κ1) is 8.12. The number of rotatable bonds is 2. The van der Waals surface area contributed by atoms with Gasteiger partial charge in [-0.1, -0.05) is 12.1 Å². The number of nitrogens with zero attached hydrogens (tertiary/aromatic N) is 2. The van der Waals surface area contributed by atoms with Crippen LogP contribution in [0.25, 0.3) is 11.0 Å². The van der Waals surface area contributed by atoms with E-state index in [1.54, 1.807) is 12.1 Å². The molecule has 0 aliphatic rings. The minimum Gasteiger partial charge on any atom is -0.481 e. The quantitative estimate of drug-likeness (QED) is 0.783. The Morgan fingerprint density at radius 1 is 1.46 bits per heavy atom. The van der Waals surface area contributed by atoms with Crippen molar-refractivity contribution in [2.45, 2.75) is 6.42 Å². The van der Waals surface area contributed by atoms with Gasteiger partial charge in [-0.3, -0.25) is 4.79 Å². The fourth-order valence-corrected chi connectivity index (χ4v) is 1.74. The Labute approximate surface area is 78.2 Å². The van der Waals surface area contributed by atoms with E-state index in [4.69, 9.17) is 5.11 Å². The average molecular weight is 194 g/mol. The third kappa shape index (κ3) is 1.50. The van der Waals surface area contributed by atoms with Crippen molar-refractivity contribution in [2.24, 2.45) is 0 Å². The number of carbonyl (C=O) groups is 1. The van der Waals surface area contributed by atoms with Gasteiger partial charge in [0.05, 0.1) is 18.1 Å². The maximum atomic E-state index is 10.5. The largest absolute Gasteiger partial charge is 0.481 e. The maximum Gasteiger partial charge on any atom is 0.307 e. The SMILES string of the molecule is O=C(O)Cc1cccc2nsnc12. The third-order valence-corrected chi connectivity index (χ3v) is 2.25. The highest BCUT2D eigenvalue weighted by Gasteiger charge is 2.07. The van der Waals surface area contributed by atoms with Gasteiger partial charge < -0.3 is 5.11 Å². The smallest absolute Gasteiger partial charge is 0.307 e. The van der Waals surface area contributed by atoms with E-state index in [0.717, 1.165) is 22.8 Å². The van der Waals surface area contributed by atoms with Crippen molar-refractivity contribution in [2.75, 3.05) is 0 Å². The fraction of sp³-hybridized carbons (Fsp3) is 0.125. The highest BCUT2D eigenvalue weighted by molar-refractivity contribution is 7.00. The zero-order chi connectivity index (χ0) is 9.26. The van der Waals surface area contributed by atoms with Crippen LogP contribution in [0.5, 0.6) is 0 Å². The molecule has 0 saturated heterocycles. The van der Waals surface area contributed by atoms with Crippen molar-refractivity contribution in [1.29, 1.82) is 0 Å². The Bertz CT molecular complexity index is 452. The molecule has 0 bridgehead atoms. The standard InChI is InChI=1S/C8H6N2O2S/c11-7(12)4-5-2-1-3-6-8(5)10-13-9-6/h1-3H,4H2,(H,11,12). The Balaban J connectivity index is 2.54. The van der Waals surface area contributed by atoms with Crippen LogP contribution in [0.4, 0.5) is 0 Å². The van der Waals surface area contributed by atoms with Crippen LogP contribution in [-0.2, 0) is 11.2 Å². The number of aromatic nitrogens is 2. The minimum atomic E-state index is -0.847. The van der Waals surface area contributed by atoms with E-state index in [9.17, 15) is 4.79 Å². The van der Waals surface area contributed by atoms with E-state index in [1.165, 1.54) is 0 Å². The van der Waals surface area contributed by atoms with Gasteiger partial charge in [-0.2, -0.15) is 8.75 Å². The van der Waals surface area contributed by atoms with Gasteiger partial charge >= 0.3 is 5.97 Å². The molecule has 4 nitrogen and oxygen atoms in total. The summed E-state index contributed by atoms with van der Waals surface area (Å²) < 4.78 is 8.06. The lowest BCUT2D eigenvalue weighted by atomic mass is 10.1. The van der Waals surface area contributed by atoms with E-state index in [1.807, 2.05) is 6.07 Å². The number of carboxylic acids is 1. The Kier molecular flexibility index (Phi) is 1.94. The number of fused-ring (bicyclic) bond motifs is 1. The second kappa shape index (κ2) is 3.10. The van der Waals surface area contributed by atoms with Crippen LogP contribution in [0.1, 0.15) is 5.56 Å². The summed E-state index contributed by atoms with van der Waals surface area (Å²) in [5.74, 6) is -0.847. The van der Waals surface area contributed by atoms with E-state index in [-0.39, 0.29) is 6.42 Å². The van der Waals surface area contributed by atoms with Crippen molar-refractivity contribution in [1.82, 2.24) is 8.75 Å². The van der Waals surface area contributed by atoms with Gasteiger partial charge in [0.15, 0.2) is 0 Å². The molecule has 0 saturated carbocycles. The predicted octanol–water partition coefficient (Wildman–Crippen LogP) is 1.32. The van der Waals surface area contributed by atoms with Gasteiger partial charge in [0, 0.05) is 0 Å². The van der Waals surface area contributed by atoms with E-state index in [2.05, 4.69) is 8.75 Å². The first-order chi connectivity index (χ1) is 6.27. The molecular formula is C8H6N2O2S. The molecule has 5 heteroatoms. The molecule has 0 fully saturated rings. The van der Waals surface area contributed by atoms with Crippen molar-refractivity contribution < 1.29 is 9.90 Å². The molecule has 0 radical (unpaired) electrons. The molecule has 2 rings (SSSR count). The second-order valence-corrected chi connectivity index (χ2v) is 3.15. The van der Waals surface area contributed by atoms with Gasteiger partial charge in [-0.25, -0.2) is 0 Å². The monoisotopic (exact) mass is 194 g/mol. The summed E-state index contributed by atoms with van der Waals surface area (Å²) in [5.41, 5.74) is 2.19. The van der Waals surface area contributed by atoms with Crippen LogP contribution in [0, 0.1) is 0 Å². The van der Waals surface area contributed by atoms with E-state index >= 15 is 0 Å². The van der Waals surface area contributed by atoms with Crippen LogP contribution in [0.2, 0.25) is 0 Å². The van der Waals surface area contributed by atoms with Gasteiger partial charge in [0.1, 0.15) is 11.0 Å². The molecule has 2 aromatic rings. The molecule has 0 atom stereocenters. The molecule has 0 amide bonds. The van der Waals surface area contributed by atoms with E-state index < -0.39 is 5.97 Å². The molecule has 1 aromatic carbocycles. The summed E-state index contributed by atoms with van der Waals surface area (Å²) in [6.07, 6.45) is 0.00273. The zero-order valence-corrected chi connectivity index (χ0v) is 7.41. The Hall–Kier alpha value is -1.49. The summed E-state index contributed by atoms with van der Waals surface area (Å²) in [6, 6.07) is 5.38. The molecule has 0 spiro atoms. The van der Waals surface area contributed by atoms with Crippen molar-refractivity contribution >= 4 is 28.7 Å². The molecular weight excluding hydrogens is 188 g/mol. The minimum absolute atomic E-state index is 0.00273. The van der Waals surface area contributed by atoms with Crippen molar-refractivity contribution in [3.63, 3.8) is 0 Å². The first-order valence-corrected chi connectivity index (χ1v) is 4.42. The molecule has 1 N–H and O–H groups in total. The Morgan fingerprint density at radius 2 is 2.31 bits per heavy atom. The first-order valence-electron chi connectivity index (χ1n) is 3.69. The van der Waals surface area contributed by atoms with Gasteiger partial charge in [0.2, 0.25) is 0 Å². The molecule has 13 heavy (non-hydrogen) atoms. The number of carboxylic acid groups (broad SMARTS) is 1. The number of hydrogen-bond donors (Lipinski definition) is 1. The normalized spacial score (nSPS) is 10.5. The summed E-state index contributed by atoms with van der Waals surface area (Å²) in [7, 11) is 0. The van der Waals surface area contributed by atoms with Crippen molar-refractivity contribution in [3.05, 3.63) is 23.8 Å². The molecule has 1 aromatic heterocycles. The highest BCUT2D eigenvalue weighted by Crippen LogP contribution is 2.16. The lowest BCUT2D eigenvalue weighted by molar-refractivity contribution is -0.136. The zero-order valence-electron chi connectivity index (χ0n) is 6.60. The summed E-state index contributed by atoms with van der Waals surface area (Å²) in [5, 5.41) is 8.62. The summed E-state index contributed by atoms with van der Waals surface area (Å²) >= 11 is 1.10. The lowest BCUT2D eigenvalue weighted by Gasteiger charge is -1.95. The van der Waals surface area contributed by atoms with Crippen LogP contribution >= 0.6 is 11.7 Å².